The van der Waals surface area contributed by atoms with Crippen LogP contribution in [0.3, 0.4) is 0 Å². The zero-order chi connectivity index (χ0) is 22.0. The average molecular weight is 434 g/mol. The summed E-state index contributed by atoms with van der Waals surface area (Å²) in [6.45, 7) is 0.230. The predicted molar refractivity (Wildman–Crippen MR) is 119 cm³/mol. The average Bonchev–Trinajstić information content (AvgIpc) is 3.05. The van der Waals surface area contributed by atoms with Crippen molar-refractivity contribution in [3.63, 3.8) is 0 Å². The maximum absolute atomic E-state index is 13.1. The van der Waals surface area contributed by atoms with E-state index >= 15 is 0 Å². The molecule has 1 amide bonds. The molecule has 31 heavy (non-hydrogen) atoms. The SMILES string of the molecule is COc1cccc(C(O)=C2C(=O)C(=O)N(Cc3ccccc3)C2c2ccc(Cl)cc2)c1. The normalized spacial score (nSPS) is 17.7. The molecular formula is C25H20ClNO4. The van der Waals surface area contributed by atoms with Crippen LogP contribution in [0.2, 0.25) is 5.02 Å². The Morgan fingerprint density at radius 2 is 1.71 bits per heavy atom. The minimum Gasteiger partial charge on any atom is -0.507 e. The molecule has 1 fully saturated rings. The number of amides is 1. The van der Waals surface area contributed by atoms with Crippen LogP contribution in [0, 0.1) is 0 Å². The number of likely N-dealkylation sites (tertiary alicyclic amines) is 1. The summed E-state index contributed by atoms with van der Waals surface area (Å²) < 4.78 is 5.23. The maximum atomic E-state index is 13.1. The standard InChI is InChI=1S/C25H20ClNO4/c1-31-20-9-5-8-18(14-20)23(28)21-22(17-10-12-19(26)13-11-17)27(25(30)24(21)29)15-16-6-3-2-4-7-16/h2-14,22,28H,15H2,1H3. The van der Waals surface area contributed by atoms with Crippen LogP contribution in [-0.2, 0) is 16.1 Å². The number of hydrogen-bond acceptors (Lipinski definition) is 4. The molecule has 1 heterocycles. The number of ketones is 1. The molecule has 1 N–H and O–H groups in total. The van der Waals surface area contributed by atoms with E-state index < -0.39 is 17.7 Å². The van der Waals surface area contributed by atoms with E-state index in [2.05, 4.69) is 0 Å². The van der Waals surface area contributed by atoms with Crippen LogP contribution in [0.4, 0.5) is 0 Å². The van der Waals surface area contributed by atoms with Gasteiger partial charge in [0.2, 0.25) is 0 Å². The summed E-state index contributed by atoms with van der Waals surface area (Å²) in [5, 5.41) is 11.6. The second-order valence-electron chi connectivity index (χ2n) is 7.20. The first-order chi connectivity index (χ1) is 15.0. The number of benzene rings is 3. The second-order valence-corrected chi connectivity index (χ2v) is 7.63. The molecule has 0 aromatic heterocycles. The molecule has 0 radical (unpaired) electrons. The molecule has 3 aromatic carbocycles. The Bertz CT molecular complexity index is 1160. The zero-order valence-electron chi connectivity index (χ0n) is 16.8. The lowest BCUT2D eigenvalue weighted by molar-refractivity contribution is -0.140. The Labute approximate surface area is 185 Å². The van der Waals surface area contributed by atoms with Gasteiger partial charge in [0.05, 0.1) is 18.7 Å². The molecule has 1 saturated heterocycles. The minimum absolute atomic E-state index is 0.0384. The number of hydrogen-bond donors (Lipinski definition) is 1. The number of Topliss-reactive ketones (excluding diaryl/α,β-unsaturated/α-hetero) is 1. The van der Waals surface area contributed by atoms with Gasteiger partial charge < -0.3 is 14.7 Å². The van der Waals surface area contributed by atoms with Crippen molar-refractivity contribution >= 4 is 29.1 Å². The van der Waals surface area contributed by atoms with Gasteiger partial charge >= 0.3 is 0 Å². The largest absolute Gasteiger partial charge is 0.507 e. The smallest absolute Gasteiger partial charge is 0.295 e. The highest BCUT2D eigenvalue weighted by Crippen LogP contribution is 2.40. The number of ether oxygens (including phenoxy) is 1. The summed E-state index contributed by atoms with van der Waals surface area (Å²) in [7, 11) is 1.52. The molecule has 6 heteroatoms. The quantitative estimate of drug-likeness (QED) is 0.350. The van der Waals surface area contributed by atoms with Gasteiger partial charge in [-0.1, -0.05) is 66.2 Å². The van der Waals surface area contributed by atoms with E-state index in [1.807, 2.05) is 30.3 Å². The van der Waals surface area contributed by atoms with Crippen LogP contribution in [0.5, 0.6) is 5.75 Å². The molecule has 0 spiro atoms. The lowest BCUT2D eigenvalue weighted by Crippen LogP contribution is -2.29. The lowest BCUT2D eigenvalue weighted by atomic mass is 9.95. The van der Waals surface area contributed by atoms with Gasteiger partial charge in [-0.2, -0.15) is 0 Å². The minimum atomic E-state index is -0.747. The third-order valence-corrected chi connectivity index (χ3v) is 5.52. The summed E-state index contributed by atoms with van der Waals surface area (Å²) in [4.78, 5) is 27.5. The van der Waals surface area contributed by atoms with Gasteiger partial charge in [0, 0.05) is 17.1 Å². The Balaban J connectivity index is 1.86. The Morgan fingerprint density at radius 1 is 1.00 bits per heavy atom. The molecule has 1 aliphatic rings. The van der Waals surface area contributed by atoms with E-state index in [4.69, 9.17) is 16.3 Å². The molecule has 3 aromatic rings. The van der Waals surface area contributed by atoms with E-state index in [-0.39, 0.29) is 17.9 Å². The number of aliphatic hydroxyl groups excluding tert-OH is 1. The van der Waals surface area contributed by atoms with Crippen molar-refractivity contribution in [2.45, 2.75) is 12.6 Å². The van der Waals surface area contributed by atoms with Crippen molar-refractivity contribution in [2.75, 3.05) is 7.11 Å². The maximum Gasteiger partial charge on any atom is 0.295 e. The highest BCUT2D eigenvalue weighted by molar-refractivity contribution is 6.46. The van der Waals surface area contributed by atoms with Crippen LogP contribution >= 0.6 is 11.6 Å². The van der Waals surface area contributed by atoms with Crippen molar-refractivity contribution in [3.05, 3.63) is 106 Å². The fourth-order valence-corrected chi connectivity index (χ4v) is 3.87. The Kier molecular flexibility index (Phi) is 5.78. The van der Waals surface area contributed by atoms with E-state index in [1.165, 1.54) is 12.0 Å². The molecule has 5 nitrogen and oxygen atoms in total. The van der Waals surface area contributed by atoms with Gasteiger partial charge in [0.1, 0.15) is 11.5 Å². The highest BCUT2D eigenvalue weighted by Gasteiger charge is 2.46. The third kappa shape index (κ3) is 4.05. The summed E-state index contributed by atoms with van der Waals surface area (Å²) in [6, 6.07) is 22.3. The first kappa shape index (κ1) is 20.7. The van der Waals surface area contributed by atoms with Crippen molar-refractivity contribution < 1.29 is 19.4 Å². The molecule has 1 unspecified atom stereocenters. The summed E-state index contributed by atoms with van der Waals surface area (Å²) in [5.41, 5.74) is 2.00. The summed E-state index contributed by atoms with van der Waals surface area (Å²) in [5.74, 6) is -1.09. The van der Waals surface area contributed by atoms with Crippen LogP contribution in [0.1, 0.15) is 22.7 Å². The van der Waals surface area contributed by atoms with Gasteiger partial charge in [-0.05, 0) is 35.4 Å². The van der Waals surface area contributed by atoms with Gasteiger partial charge in [-0.15, -0.1) is 0 Å². The molecule has 0 saturated carbocycles. The van der Waals surface area contributed by atoms with Gasteiger partial charge in [-0.25, -0.2) is 0 Å². The third-order valence-electron chi connectivity index (χ3n) is 5.26. The molecule has 0 aliphatic carbocycles. The van der Waals surface area contributed by atoms with E-state index in [0.29, 0.717) is 21.9 Å². The van der Waals surface area contributed by atoms with Crippen molar-refractivity contribution in [1.29, 1.82) is 0 Å². The Hall–Kier alpha value is -3.57. The van der Waals surface area contributed by atoms with E-state index in [1.54, 1.807) is 48.5 Å². The molecule has 1 aliphatic heterocycles. The second kappa shape index (κ2) is 8.66. The first-order valence-electron chi connectivity index (χ1n) is 9.72. The molecule has 1 atom stereocenters. The molecular weight excluding hydrogens is 414 g/mol. The first-order valence-corrected chi connectivity index (χ1v) is 10.1. The summed E-state index contributed by atoms with van der Waals surface area (Å²) >= 11 is 6.05. The number of aliphatic hydroxyl groups is 1. The van der Waals surface area contributed by atoms with Gasteiger partial charge in [0.15, 0.2) is 0 Å². The fraction of sp³-hybridized carbons (Fsp3) is 0.120. The molecule has 0 bridgehead atoms. The van der Waals surface area contributed by atoms with Crippen molar-refractivity contribution in [1.82, 2.24) is 4.90 Å². The number of nitrogens with zero attached hydrogens (tertiary/aromatic N) is 1. The number of rotatable bonds is 5. The lowest BCUT2D eigenvalue weighted by Gasteiger charge is -2.25. The van der Waals surface area contributed by atoms with Crippen molar-refractivity contribution in [2.24, 2.45) is 0 Å². The molecule has 156 valence electrons. The number of methoxy groups -OCH3 is 1. The van der Waals surface area contributed by atoms with Crippen LogP contribution in [0.25, 0.3) is 5.76 Å². The number of halogens is 1. The Morgan fingerprint density at radius 3 is 2.39 bits per heavy atom. The summed E-state index contributed by atoms with van der Waals surface area (Å²) in [6.07, 6.45) is 0. The van der Waals surface area contributed by atoms with E-state index in [0.717, 1.165) is 5.56 Å². The van der Waals surface area contributed by atoms with Crippen molar-refractivity contribution in [3.8, 4) is 5.75 Å². The predicted octanol–water partition coefficient (Wildman–Crippen LogP) is 4.97. The van der Waals surface area contributed by atoms with Gasteiger partial charge in [-0.3, -0.25) is 9.59 Å². The van der Waals surface area contributed by atoms with Crippen LogP contribution in [-0.4, -0.2) is 28.8 Å². The fourth-order valence-electron chi connectivity index (χ4n) is 3.74. The number of carbonyl (C=O) groups is 2. The molecule has 4 rings (SSSR count). The topological polar surface area (TPSA) is 66.8 Å². The van der Waals surface area contributed by atoms with E-state index in [9.17, 15) is 14.7 Å². The van der Waals surface area contributed by atoms with Crippen LogP contribution in [0.15, 0.2) is 84.4 Å². The monoisotopic (exact) mass is 433 g/mol. The highest BCUT2D eigenvalue weighted by atomic mass is 35.5. The van der Waals surface area contributed by atoms with Gasteiger partial charge in [0.25, 0.3) is 11.7 Å². The number of carbonyl (C=O) groups excluding carboxylic acids is 2. The zero-order valence-corrected chi connectivity index (χ0v) is 17.5. The van der Waals surface area contributed by atoms with Crippen LogP contribution < -0.4 is 4.74 Å².